The van der Waals surface area contributed by atoms with E-state index in [0.29, 0.717) is 17.9 Å². The van der Waals surface area contributed by atoms with E-state index in [1.54, 1.807) is 12.3 Å². The highest BCUT2D eigenvalue weighted by atomic mass is 19.1. The number of halogens is 1. The van der Waals surface area contributed by atoms with Crippen LogP contribution in [0.15, 0.2) is 24.4 Å². The molecule has 2 rings (SSSR count). The lowest BCUT2D eigenvalue weighted by atomic mass is 10.2. The molecule has 1 amide bonds. The summed E-state index contributed by atoms with van der Waals surface area (Å²) in [7, 11) is 0. The smallest absolute Gasteiger partial charge is 0.221 e. The molecule has 100 valence electrons. The Morgan fingerprint density at radius 3 is 2.89 bits per heavy atom. The van der Waals surface area contributed by atoms with Gasteiger partial charge >= 0.3 is 0 Å². The average Bonchev–Trinajstić information content (AvgIpc) is 2.75. The van der Waals surface area contributed by atoms with Crippen LogP contribution in [0, 0.1) is 12.7 Å². The fraction of sp³-hybridized carbons (Fsp3) is 0.231. The van der Waals surface area contributed by atoms with Crippen LogP contribution in [0.1, 0.15) is 18.2 Å². The van der Waals surface area contributed by atoms with Crippen molar-refractivity contribution in [3.8, 4) is 0 Å². The van der Waals surface area contributed by atoms with Crippen molar-refractivity contribution in [2.24, 2.45) is 0 Å². The van der Waals surface area contributed by atoms with Crippen LogP contribution < -0.4 is 10.6 Å². The zero-order valence-electron chi connectivity index (χ0n) is 10.7. The van der Waals surface area contributed by atoms with E-state index in [1.807, 2.05) is 6.92 Å². The summed E-state index contributed by atoms with van der Waals surface area (Å²) in [6, 6.07) is 4.40. The molecule has 0 saturated heterocycles. The van der Waals surface area contributed by atoms with Gasteiger partial charge in [-0.05, 0) is 25.1 Å². The van der Waals surface area contributed by atoms with Gasteiger partial charge in [-0.25, -0.2) is 4.39 Å². The molecular weight excluding hydrogens is 247 g/mol. The number of anilines is 2. The molecule has 0 aliphatic heterocycles. The molecule has 0 radical (unpaired) electrons. The van der Waals surface area contributed by atoms with Gasteiger partial charge in [-0.3, -0.25) is 9.89 Å². The predicted octanol–water partition coefficient (Wildman–Crippen LogP) is 2.43. The van der Waals surface area contributed by atoms with Gasteiger partial charge in [0.25, 0.3) is 0 Å². The summed E-state index contributed by atoms with van der Waals surface area (Å²) >= 11 is 0. The standard InChI is InChI=1S/C13H15FN4O/c1-8-10(7-16-18-8)6-15-13-5-11(17-9(2)19)3-4-12(13)14/h3-5,7,15H,6H2,1-2H3,(H,16,18)(H,17,19). The molecule has 0 aliphatic carbocycles. The lowest BCUT2D eigenvalue weighted by Gasteiger charge is -2.09. The Hall–Kier alpha value is -2.37. The van der Waals surface area contributed by atoms with E-state index in [4.69, 9.17) is 0 Å². The fourth-order valence-electron chi connectivity index (χ4n) is 1.69. The molecule has 0 unspecified atom stereocenters. The number of amides is 1. The van der Waals surface area contributed by atoms with Crippen molar-refractivity contribution < 1.29 is 9.18 Å². The normalized spacial score (nSPS) is 10.3. The van der Waals surface area contributed by atoms with Crippen LogP contribution >= 0.6 is 0 Å². The van der Waals surface area contributed by atoms with Crippen LogP contribution in [-0.4, -0.2) is 16.1 Å². The number of aryl methyl sites for hydroxylation is 1. The minimum Gasteiger partial charge on any atom is -0.378 e. The molecule has 1 aromatic carbocycles. The molecule has 5 nitrogen and oxygen atoms in total. The van der Waals surface area contributed by atoms with Gasteiger partial charge in [-0.1, -0.05) is 0 Å². The van der Waals surface area contributed by atoms with E-state index >= 15 is 0 Å². The van der Waals surface area contributed by atoms with E-state index < -0.39 is 0 Å². The Morgan fingerprint density at radius 2 is 2.26 bits per heavy atom. The monoisotopic (exact) mass is 262 g/mol. The molecule has 6 heteroatoms. The first kappa shape index (κ1) is 13.1. The van der Waals surface area contributed by atoms with Crippen LogP contribution in [0.3, 0.4) is 0 Å². The van der Waals surface area contributed by atoms with Crippen LogP contribution in [0.2, 0.25) is 0 Å². The van der Waals surface area contributed by atoms with Gasteiger partial charge in [0.05, 0.1) is 11.9 Å². The molecule has 0 spiro atoms. The number of hydrogen-bond donors (Lipinski definition) is 3. The van der Waals surface area contributed by atoms with Gasteiger partial charge in [0, 0.05) is 30.4 Å². The van der Waals surface area contributed by atoms with Crippen molar-refractivity contribution in [2.75, 3.05) is 10.6 Å². The quantitative estimate of drug-likeness (QED) is 0.792. The molecule has 0 saturated carbocycles. The maximum absolute atomic E-state index is 13.6. The van der Waals surface area contributed by atoms with Crippen LogP contribution in [-0.2, 0) is 11.3 Å². The number of rotatable bonds is 4. The van der Waals surface area contributed by atoms with Gasteiger partial charge in [-0.15, -0.1) is 0 Å². The van der Waals surface area contributed by atoms with Gasteiger partial charge in [0.1, 0.15) is 5.82 Å². The fourth-order valence-corrected chi connectivity index (χ4v) is 1.69. The SMILES string of the molecule is CC(=O)Nc1ccc(F)c(NCc2cn[nH]c2C)c1. The maximum Gasteiger partial charge on any atom is 0.221 e. The third-order valence-corrected chi connectivity index (χ3v) is 2.69. The Morgan fingerprint density at radius 1 is 1.47 bits per heavy atom. The first-order valence-electron chi connectivity index (χ1n) is 5.86. The van der Waals surface area contributed by atoms with Crippen molar-refractivity contribution >= 4 is 17.3 Å². The predicted molar refractivity (Wildman–Crippen MR) is 71.4 cm³/mol. The van der Waals surface area contributed by atoms with Gasteiger partial charge in [-0.2, -0.15) is 5.10 Å². The summed E-state index contributed by atoms with van der Waals surface area (Å²) in [6.07, 6.45) is 1.69. The first-order chi connectivity index (χ1) is 9.06. The highest BCUT2D eigenvalue weighted by molar-refractivity contribution is 5.89. The minimum absolute atomic E-state index is 0.191. The lowest BCUT2D eigenvalue weighted by Crippen LogP contribution is -2.07. The van der Waals surface area contributed by atoms with E-state index in [-0.39, 0.29) is 11.7 Å². The molecule has 2 aromatic rings. The highest BCUT2D eigenvalue weighted by Gasteiger charge is 2.06. The summed E-state index contributed by atoms with van der Waals surface area (Å²) in [5.74, 6) is -0.557. The zero-order valence-corrected chi connectivity index (χ0v) is 10.7. The average molecular weight is 262 g/mol. The number of carbonyl (C=O) groups excluding carboxylic acids is 1. The van der Waals surface area contributed by atoms with Crippen molar-refractivity contribution in [1.29, 1.82) is 0 Å². The number of nitrogens with zero attached hydrogens (tertiary/aromatic N) is 1. The Kier molecular flexibility index (Phi) is 3.79. The molecule has 1 heterocycles. The number of carbonyl (C=O) groups is 1. The largest absolute Gasteiger partial charge is 0.378 e. The van der Waals surface area contributed by atoms with Gasteiger partial charge < -0.3 is 10.6 Å². The summed E-state index contributed by atoms with van der Waals surface area (Å²) in [5.41, 5.74) is 2.79. The topological polar surface area (TPSA) is 69.8 Å². The molecular formula is C13H15FN4O. The molecule has 1 aromatic heterocycles. The molecule has 0 atom stereocenters. The number of hydrogen-bond acceptors (Lipinski definition) is 3. The Bertz CT molecular complexity index is 594. The first-order valence-corrected chi connectivity index (χ1v) is 5.86. The Balaban J connectivity index is 2.11. The van der Waals surface area contributed by atoms with Crippen molar-refractivity contribution in [3.05, 3.63) is 41.5 Å². The van der Waals surface area contributed by atoms with Crippen LogP contribution in [0.25, 0.3) is 0 Å². The Labute approximate surface area is 110 Å². The van der Waals surface area contributed by atoms with Crippen molar-refractivity contribution in [1.82, 2.24) is 10.2 Å². The number of aromatic nitrogens is 2. The molecule has 0 bridgehead atoms. The lowest BCUT2D eigenvalue weighted by molar-refractivity contribution is -0.114. The second-order valence-electron chi connectivity index (χ2n) is 4.25. The van der Waals surface area contributed by atoms with Crippen LogP contribution in [0.5, 0.6) is 0 Å². The van der Waals surface area contributed by atoms with Gasteiger partial charge in [0.2, 0.25) is 5.91 Å². The van der Waals surface area contributed by atoms with E-state index in [1.165, 1.54) is 19.1 Å². The summed E-state index contributed by atoms with van der Waals surface area (Å²) in [6.45, 7) is 3.77. The van der Waals surface area contributed by atoms with Crippen molar-refractivity contribution in [3.63, 3.8) is 0 Å². The van der Waals surface area contributed by atoms with Gasteiger partial charge in [0.15, 0.2) is 0 Å². The van der Waals surface area contributed by atoms with E-state index in [0.717, 1.165) is 11.3 Å². The number of H-pyrrole nitrogens is 1. The second kappa shape index (κ2) is 5.51. The molecule has 0 aliphatic rings. The molecule has 19 heavy (non-hydrogen) atoms. The highest BCUT2D eigenvalue weighted by Crippen LogP contribution is 2.20. The third kappa shape index (κ3) is 3.31. The number of nitrogens with one attached hydrogen (secondary N) is 3. The summed E-state index contributed by atoms with van der Waals surface area (Å²) < 4.78 is 13.6. The molecule has 3 N–H and O–H groups in total. The third-order valence-electron chi connectivity index (χ3n) is 2.69. The number of aromatic amines is 1. The minimum atomic E-state index is -0.366. The maximum atomic E-state index is 13.6. The summed E-state index contributed by atoms with van der Waals surface area (Å²) in [5, 5.41) is 12.3. The second-order valence-corrected chi connectivity index (χ2v) is 4.25. The summed E-state index contributed by atoms with van der Waals surface area (Å²) in [4.78, 5) is 11.0. The zero-order chi connectivity index (χ0) is 13.8. The molecule has 0 fully saturated rings. The van der Waals surface area contributed by atoms with Crippen LogP contribution in [0.4, 0.5) is 15.8 Å². The van der Waals surface area contributed by atoms with E-state index in [2.05, 4.69) is 20.8 Å². The number of benzene rings is 1. The van der Waals surface area contributed by atoms with Crippen molar-refractivity contribution in [2.45, 2.75) is 20.4 Å². The van der Waals surface area contributed by atoms with E-state index in [9.17, 15) is 9.18 Å².